The van der Waals surface area contributed by atoms with Crippen LogP contribution in [0.2, 0.25) is 0 Å². The first kappa shape index (κ1) is 17.4. The summed E-state index contributed by atoms with van der Waals surface area (Å²) in [7, 11) is 1.52. The highest BCUT2D eigenvalue weighted by atomic mass is 19.1. The van der Waals surface area contributed by atoms with Gasteiger partial charge in [0.05, 0.1) is 6.10 Å². The molecule has 1 aliphatic rings. The van der Waals surface area contributed by atoms with Crippen molar-refractivity contribution < 1.29 is 23.8 Å². The first-order valence-electron chi connectivity index (χ1n) is 7.73. The van der Waals surface area contributed by atoms with Crippen molar-refractivity contribution in [1.29, 1.82) is 0 Å². The summed E-state index contributed by atoms with van der Waals surface area (Å²) >= 11 is 0. The van der Waals surface area contributed by atoms with Gasteiger partial charge in [-0.3, -0.25) is 4.79 Å². The Hall–Kier alpha value is -1.95. The maximum atomic E-state index is 13.2. The van der Waals surface area contributed by atoms with Crippen LogP contribution >= 0.6 is 0 Å². The summed E-state index contributed by atoms with van der Waals surface area (Å²) in [6.45, 7) is 2.08. The number of carbonyl (C=O) groups excluding carboxylic acids is 1. The van der Waals surface area contributed by atoms with Crippen molar-refractivity contribution in [2.75, 3.05) is 13.7 Å². The van der Waals surface area contributed by atoms with E-state index in [4.69, 9.17) is 4.74 Å². The number of carboxylic acids is 1. The van der Waals surface area contributed by atoms with E-state index in [2.05, 4.69) is 0 Å². The molecule has 3 atom stereocenters. The number of carboxylic acid groups (broad SMARTS) is 1. The van der Waals surface area contributed by atoms with E-state index in [1.807, 2.05) is 6.07 Å². The van der Waals surface area contributed by atoms with Crippen LogP contribution in [-0.2, 0) is 20.7 Å². The van der Waals surface area contributed by atoms with Crippen molar-refractivity contribution in [2.45, 2.75) is 38.3 Å². The number of likely N-dealkylation sites (tertiary alicyclic amines) is 1. The van der Waals surface area contributed by atoms with Gasteiger partial charge in [-0.2, -0.15) is 0 Å². The topological polar surface area (TPSA) is 66.8 Å². The van der Waals surface area contributed by atoms with Gasteiger partial charge >= 0.3 is 5.97 Å². The number of aryl methyl sites for hydroxylation is 1. The standard InChI is InChI=1S/C17H22FNO4/c1-11(6-7-12-4-3-5-13(18)8-12)16(20)19-10-14(23-2)9-15(19)17(21)22/h3-5,8,11,14-15H,6-7,9-10H2,1-2H3,(H,21,22). The Balaban J connectivity index is 1.96. The van der Waals surface area contributed by atoms with Crippen LogP contribution in [0, 0.1) is 11.7 Å². The van der Waals surface area contributed by atoms with Crippen LogP contribution in [0.5, 0.6) is 0 Å². The lowest BCUT2D eigenvalue weighted by molar-refractivity contribution is -0.149. The minimum Gasteiger partial charge on any atom is -0.480 e. The highest BCUT2D eigenvalue weighted by Crippen LogP contribution is 2.24. The molecule has 126 valence electrons. The molecule has 0 bridgehead atoms. The van der Waals surface area contributed by atoms with Crippen molar-refractivity contribution in [1.82, 2.24) is 4.90 Å². The molecule has 1 aliphatic heterocycles. The summed E-state index contributed by atoms with van der Waals surface area (Å²) in [5.74, 6) is -1.81. The zero-order chi connectivity index (χ0) is 17.0. The molecule has 1 amide bonds. The minimum absolute atomic E-state index is 0.187. The van der Waals surface area contributed by atoms with Crippen molar-refractivity contribution in [3.8, 4) is 0 Å². The number of methoxy groups -OCH3 is 1. The number of ether oxygens (including phenoxy) is 1. The lowest BCUT2D eigenvalue weighted by atomic mass is 9.99. The van der Waals surface area contributed by atoms with Crippen LogP contribution < -0.4 is 0 Å². The van der Waals surface area contributed by atoms with E-state index in [1.165, 1.54) is 24.1 Å². The molecular weight excluding hydrogens is 301 g/mol. The van der Waals surface area contributed by atoms with E-state index in [1.54, 1.807) is 13.0 Å². The molecule has 0 aliphatic carbocycles. The average Bonchev–Trinajstić information content (AvgIpc) is 2.96. The normalized spacial score (nSPS) is 22.1. The maximum absolute atomic E-state index is 13.2. The summed E-state index contributed by atoms with van der Waals surface area (Å²) in [6.07, 6.45) is 1.19. The predicted molar refractivity (Wildman–Crippen MR) is 82.4 cm³/mol. The molecule has 0 spiro atoms. The molecule has 1 fully saturated rings. The number of carbonyl (C=O) groups is 2. The van der Waals surface area contributed by atoms with E-state index in [9.17, 15) is 19.1 Å². The third-order valence-electron chi connectivity index (χ3n) is 4.34. The maximum Gasteiger partial charge on any atom is 0.326 e. The van der Waals surface area contributed by atoms with E-state index in [-0.39, 0.29) is 23.7 Å². The van der Waals surface area contributed by atoms with Gasteiger partial charge in [-0.1, -0.05) is 19.1 Å². The summed E-state index contributed by atoms with van der Waals surface area (Å²) in [6, 6.07) is 5.46. The van der Waals surface area contributed by atoms with E-state index >= 15 is 0 Å². The van der Waals surface area contributed by atoms with Crippen molar-refractivity contribution in [2.24, 2.45) is 5.92 Å². The van der Waals surface area contributed by atoms with Gasteiger partial charge in [0.25, 0.3) is 0 Å². The number of halogens is 1. The smallest absolute Gasteiger partial charge is 0.326 e. The lowest BCUT2D eigenvalue weighted by Gasteiger charge is -2.24. The van der Waals surface area contributed by atoms with Gasteiger partial charge < -0.3 is 14.7 Å². The molecule has 1 saturated heterocycles. The van der Waals surface area contributed by atoms with Gasteiger partial charge in [0, 0.05) is 26.0 Å². The molecule has 1 N–H and O–H groups in total. The van der Waals surface area contributed by atoms with Crippen molar-refractivity contribution in [3.63, 3.8) is 0 Å². The number of hydrogen-bond acceptors (Lipinski definition) is 3. The van der Waals surface area contributed by atoms with Crippen molar-refractivity contribution >= 4 is 11.9 Å². The first-order valence-corrected chi connectivity index (χ1v) is 7.73. The SMILES string of the molecule is COC1CC(C(=O)O)N(C(=O)C(C)CCc2cccc(F)c2)C1. The second-order valence-corrected chi connectivity index (χ2v) is 6.01. The third-order valence-corrected chi connectivity index (χ3v) is 4.34. The second-order valence-electron chi connectivity index (χ2n) is 6.01. The number of nitrogens with zero attached hydrogens (tertiary/aromatic N) is 1. The van der Waals surface area contributed by atoms with Crippen LogP contribution in [0.1, 0.15) is 25.3 Å². The summed E-state index contributed by atoms with van der Waals surface area (Å²) in [5, 5.41) is 9.27. The van der Waals surface area contributed by atoms with Gasteiger partial charge in [0.1, 0.15) is 11.9 Å². The number of aliphatic carboxylic acids is 1. The van der Waals surface area contributed by atoms with Gasteiger partial charge in [-0.25, -0.2) is 9.18 Å². The van der Waals surface area contributed by atoms with Gasteiger partial charge in [0.15, 0.2) is 0 Å². The monoisotopic (exact) mass is 323 g/mol. The quantitative estimate of drug-likeness (QED) is 0.870. The molecule has 23 heavy (non-hydrogen) atoms. The molecule has 3 unspecified atom stereocenters. The number of amides is 1. The summed E-state index contributed by atoms with van der Waals surface area (Å²) in [4.78, 5) is 25.3. The Bertz CT molecular complexity index is 577. The second kappa shape index (κ2) is 7.55. The van der Waals surface area contributed by atoms with Crippen LogP contribution in [0.15, 0.2) is 24.3 Å². The highest BCUT2D eigenvalue weighted by molar-refractivity contribution is 5.85. The number of hydrogen-bond donors (Lipinski definition) is 1. The highest BCUT2D eigenvalue weighted by Gasteiger charge is 2.40. The lowest BCUT2D eigenvalue weighted by Crippen LogP contribution is -2.43. The zero-order valence-electron chi connectivity index (χ0n) is 13.4. The van der Waals surface area contributed by atoms with Crippen LogP contribution in [0.3, 0.4) is 0 Å². The zero-order valence-corrected chi connectivity index (χ0v) is 13.4. The Morgan fingerprint density at radius 1 is 1.48 bits per heavy atom. The van der Waals surface area contributed by atoms with E-state index in [0.29, 0.717) is 25.8 Å². The molecule has 0 radical (unpaired) electrons. The molecule has 1 aromatic carbocycles. The van der Waals surface area contributed by atoms with Crippen molar-refractivity contribution in [3.05, 3.63) is 35.6 Å². The largest absolute Gasteiger partial charge is 0.480 e. The Kier molecular flexibility index (Phi) is 5.71. The average molecular weight is 323 g/mol. The summed E-state index contributed by atoms with van der Waals surface area (Å²) in [5.41, 5.74) is 0.829. The number of benzene rings is 1. The van der Waals surface area contributed by atoms with E-state index < -0.39 is 12.0 Å². The molecule has 6 heteroatoms. The Morgan fingerprint density at radius 3 is 2.83 bits per heavy atom. The fourth-order valence-corrected chi connectivity index (χ4v) is 2.93. The van der Waals surface area contributed by atoms with Gasteiger partial charge in [0.2, 0.25) is 5.91 Å². The predicted octanol–water partition coefficient (Wildman–Crippen LogP) is 2.09. The molecule has 1 aromatic rings. The minimum atomic E-state index is -1.00. The van der Waals surface area contributed by atoms with Crippen LogP contribution in [-0.4, -0.2) is 47.7 Å². The third kappa shape index (κ3) is 4.28. The fourth-order valence-electron chi connectivity index (χ4n) is 2.93. The van der Waals surface area contributed by atoms with Gasteiger partial charge in [-0.15, -0.1) is 0 Å². The number of rotatable bonds is 6. The van der Waals surface area contributed by atoms with Gasteiger partial charge in [-0.05, 0) is 30.5 Å². The Morgan fingerprint density at radius 2 is 2.22 bits per heavy atom. The fraction of sp³-hybridized carbons (Fsp3) is 0.529. The molecule has 0 saturated carbocycles. The molecule has 2 rings (SSSR count). The summed E-state index contributed by atoms with van der Waals surface area (Å²) < 4.78 is 18.4. The van der Waals surface area contributed by atoms with Crippen LogP contribution in [0.4, 0.5) is 4.39 Å². The van der Waals surface area contributed by atoms with E-state index in [0.717, 1.165) is 5.56 Å². The molecular formula is C17H22FNO4. The molecule has 0 aromatic heterocycles. The molecule has 1 heterocycles. The van der Waals surface area contributed by atoms with Crippen LogP contribution in [0.25, 0.3) is 0 Å². The molecule has 5 nitrogen and oxygen atoms in total. The Labute approximate surface area is 135 Å². The first-order chi connectivity index (χ1) is 10.9.